The van der Waals surface area contributed by atoms with Crippen LogP contribution in [0.5, 0.6) is 5.75 Å². The highest BCUT2D eigenvalue weighted by molar-refractivity contribution is 5.57. The summed E-state index contributed by atoms with van der Waals surface area (Å²) in [6, 6.07) is 13.6. The van der Waals surface area contributed by atoms with E-state index in [1.807, 2.05) is 36.5 Å². The van der Waals surface area contributed by atoms with E-state index in [4.69, 9.17) is 0 Å². The third kappa shape index (κ3) is 2.91. The molecule has 2 heterocycles. The van der Waals surface area contributed by atoms with Crippen molar-refractivity contribution in [3.05, 3.63) is 54.4 Å². The van der Waals surface area contributed by atoms with Gasteiger partial charge in [0.15, 0.2) is 0 Å². The molecule has 1 N–H and O–H groups in total. The smallest absolute Gasteiger partial charge is 0.138 e. The molecule has 4 heteroatoms. The van der Waals surface area contributed by atoms with Crippen molar-refractivity contribution < 1.29 is 5.11 Å². The maximum absolute atomic E-state index is 9.90. The normalized spacial score (nSPS) is 16.3. The molecule has 0 bridgehead atoms. The van der Waals surface area contributed by atoms with Crippen LogP contribution in [0.1, 0.15) is 5.69 Å². The fourth-order valence-corrected chi connectivity index (χ4v) is 2.60. The van der Waals surface area contributed by atoms with Gasteiger partial charge in [-0.05, 0) is 24.3 Å². The maximum Gasteiger partial charge on any atom is 0.138 e. The largest absolute Gasteiger partial charge is 0.506 e. The summed E-state index contributed by atoms with van der Waals surface area (Å²) in [6.07, 6.45) is 1.84. The Morgan fingerprint density at radius 2 is 1.70 bits per heavy atom. The molecule has 0 aliphatic carbocycles. The number of anilines is 1. The third-order valence-electron chi connectivity index (χ3n) is 3.71. The molecule has 0 unspecified atom stereocenters. The Labute approximate surface area is 119 Å². The molecular formula is C16H19N3O. The first-order chi connectivity index (χ1) is 9.83. The molecule has 1 aromatic carbocycles. The number of piperazine rings is 1. The fraction of sp³-hybridized carbons (Fsp3) is 0.312. The average Bonchev–Trinajstić information content (AvgIpc) is 2.50. The Balaban J connectivity index is 1.59. The van der Waals surface area contributed by atoms with E-state index in [-0.39, 0.29) is 0 Å². The van der Waals surface area contributed by atoms with Crippen molar-refractivity contribution in [2.75, 3.05) is 31.1 Å². The lowest BCUT2D eigenvalue weighted by Crippen LogP contribution is -2.46. The summed E-state index contributed by atoms with van der Waals surface area (Å²) >= 11 is 0. The highest BCUT2D eigenvalue weighted by Gasteiger charge is 2.19. The maximum atomic E-state index is 9.90. The molecule has 1 saturated heterocycles. The Bertz CT molecular complexity index is 551. The zero-order chi connectivity index (χ0) is 13.8. The van der Waals surface area contributed by atoms with E-state index in [1.165, 1.54) is 0 Å². The molecular weight excluding hydrogens is 250 g/mol. The summed E-state index contributed by atoms with van der Waals surface area (Å²) in [6.45, 7) is 4.75. The number of phenolic OH excluding ortho intramolecular Hbond substituents is 1. The lowest BCUT2D eigenvalue weighted by molar-refractivity contribution is 0.246. The van der Waals surface area contributed by atoms with Crippen LogP contribution in [0, 0.1) is 0 Å². The molecule has 0 spiro atoms. The minimum Gasteiger partial charge on any atom is -0.506 e. The topological polar surface area (TPSA) is 39.6 Å². The lowest BCUT2D eigenvalue weighted by atomic mass is 10.2. The molecule has 20 heavy (non-hydrogen) atoms. The van der Waals surface area contributed by atoms with Crippen molar-refractivity contribution in [2.45, 2.75) is 6.54 Å². The van der Waals surface area contributed by atoms with Crippen LogP contribution < -0.4 is 4.90 Å². The van der Waals surface area contributed by atoms with Crippen molar-refractivity contribution in [2.24, 2.45) is 0 Å². The van der Waals surface area contributed by atoms with Gasteiger partial charge >= 0.3 is 0 Å². The van der Waals surface area contributed by atoms with Gasteiger partial charge in [-0.25, -0.2) is 0 Å². The van der Waals surface area contributed by atoms with E-state index >= 15 is 0 Å². The number of pyridine rings is 1. The van der Waals surface area contributed by atoms with Crippen molar-refractivity contribution in [1.29, 1.82) is 0 Å². The van der Waals surface area contributed by atoms with Gasteiger partial charge in [-0.2, -0.15) is 0 Å². The molecule has 3 rings (SSSR count). The van der Waals surface area contributed by atoms with E-state index in [1.54, 1.807) is 6.07 Å². The molecule has 0 atom stereocenters. The van der Waals surface area contributed by atoms with Crippen molar-refractivity contribution in [1.82, 2.24) is 9.88 Å². The molecule has 1 fully saturated rings. The van der Waals surface area contributed by atoms with Gasteiger partial charge in [-0.1, -0.05) is 18.2 Å². The van der Waals surface area contributed by atoms with Crippen LogP contribution >= 0.6 is 0 Å². The van der Waals surface area contributed by atoms with Crippen LogP contribution in [0.15, 0.2) is 48.7 Å². The number of benzene rings is 1. The molecule has 1 aromatic heterocycles. The summed E-state index contributed by atoms with van der Waals surface area (Å²) in [5.41, 5.74) is 2.05. The van der Waals surface area contributed by atoms with Crippen LogP contribution in [-0.2, 0) is 6.54 Å². The predicted molar refractivity (Wildman–Crippen MR) is 79.8 cm³/mol. The van der Waals surface area contributed by atoms with E-state index in [9.17, 15) is 5.11 Å². The number of hydrogen-bond acceptors (Lipinski definition) is 4. The van der Waals surface area contributed by atoms with Gasteiger partial charge in [-0.3, -0.25) is 9.88 Å². The van der Waals surface area contributed by atoms with Gasteiger partial charge in [0, 0.05) is 38.9 Å². The highest BCUT2D eigenvalue weighted by atomic mass is 16.3. The van der Waals surface area contributed by atoms with Crippen LogP contribution in [0.25, 0.3) is 0 Å². The van der Waals surface area contributed by atoms with Gasteiger partial charge < -0.3 is 10.0 Å². The minimum atomic E-state index is 0.366. The first-order valence-electron chi connectivity index (χ1n) is 6.98. The zero-order valence-electron chi connectivity index (χ0n) is 11.4. The predicted octanol–water partition coefficient (Wildman–Crippen LogP) is 2.11. The molecule has 4 nitrogen and oxygen atoms in total. The molecule has 1 aliphatic rings. The van der Waals surface area contributed by atoms with Crippen LogP contribution in [0.3, 0.4) is 0 Å². The SMILES string of the molecule is Oc1ccccc1N1CCN(Cc2ccccn2)CC1. The Kier molecular flexibility index (Phi) is 3.83. The Hall–Kier alpha value is -2.07. The standard InChI is InChI=1S/C16H19N3O/c20-16-7-2-1-6-15(16)19-11-9-18(10-12-19)13-14-5-3-4-8-17-14/h1-8,20H,9-13H2. The van der Waals surface area contributed by atoms with Gasteiger partial charge in [0.25, 0.3) is 0 Å². The second-order valence-corrected chi connectivity index (χ2v) is 5.07. The molecule has 0 amide bonds. The third-order valence-corrected chi connectivity index (χ3v) is 3.71. The van der Waals surface area contributed by atoms with Crippen molar-refractivity contribution in [3.63, 3.8) is 0 Å². The first-order valence-corrected chi connectivity index (χ1v) is 6.98. The van der Waals surface area contributed by atoms with E-state index < -0.39 is 0 Å². The average molecular weight is 269 g/mol. The molecule has 104 valence electrons. The van der Waals surface area contributed by atoms with Gasteiger partial charge in [0.1, 0.15) is 5.75 Å². The van der Waals surface area contributed by atoms with Crippen LogP contribution in [0.2, 0.25) is 0 Å². The monoisotopic (exact) mass is 269 g/mol. The molecule has 2 aromatic rings. The number of hydrogen-bond donors (Lipinski definition) is 1. The van der Waals surface area contributed by atoms with E-state index in [0.717, 1.165) is 44.1 Å². The number of aromatic nitrogens is 1. The molecule has 0 radical (unpaired) electrons. The van der Waals surface area contributed by atoms with E-state index in [2.05, 4.69) is 20.9 Å². The Morgan fingerprint density at radius 3 is 2.40 bits per heavy atom. The summed E-state index contributed by atoms with van der Waals surface area (Å²) in [4.78, 5) is 9.01. The number of phenols is 1. The molecule has 0 saturated carbocycles. The van der Waals surface area contributed by atoms with Crippen LogP contribution in [0.4, 0.5) is 5.69 Å². The zero-order valence-corrected chi connectivity index (χ0v) is 11.4. The van der Waals surface area contributed by atoms with Crippen molar-refractivity contribution >= 4 is 5.69 Å². The number of aromatic hydroxyl groups is 1. The van der Waals surface area contributed by atoms with E-state index in [0.29, 0.717) is 5.75 Å². The van der Waals surface area contributed by atoms with Crippen LogP contribution in [-0.4, -0.2) is 41.2 Å². The highest BCUT2D eigenvalue weighted by Crippen LogP contribution is 2.27. The van der Waals surface area contributed by atoms with Crippen molar-refractivity contribution in [3.8, 4) is 5.75 Å². The number of nitrogens with zero attached hydrogens (tertiary/aromatic N) is 3. The second kappa shape index (κ2) is 5.92. The minimum absolute atomic E-state index is 0.366. The summed E-state index contributed by atoms with van der Waals surface area (Å²) in [5.74, 6) is 0.366. The molecule has 1 aliphatic heterocycles. The first kappa shape index (κ1) is 12.9. The Morgan fingerprint density at radius 1 is 0.950 bits per heavy atom. The van der Waals surface area contributed by atoms with Gasteiger partial charge in [0.05, 0.1) is 11.4 Å². The lowest BCUT2D eigenvalue weighted by Gasteiger charge is -2.36. The van der Waals surface area contributed by atoms with Gasteiger partial charge in [0.2, 0.25) is 0 Å². The number of rotatable bonds is 3. The summed E-state index contributed by atoms with van der Waals surface area (Å²) < 4.78 is 0. The summed E-state index contributed by atoms with van der Waals surface area (Å²) in [5, 5.41) is 9.90. The number of para-hydroxylation sites is 2. The fourth-order valence-electron chi connectivity index (χ4n) is 2.60. The van der Waals surface area contributed by atoms with Gasteiger partial charge in [-0.15, -0.1) is 0 Å². The summed E-state index contributed by atoms with van der Waals surface area (Å²) in [7, 11) is 0. The quantitative estimate of drug-likeness (QED) is 0.926. The second-order valence-electron chi connectivity index (χ2n) is 5.07.